The van der Waals surface area contributed by atoms with Crippen LogP contribution in [0.25, 0.3) is 0 Å². The van der Waals surface area contributed by atoms with Crippen LogP contribution in [-0.4, -0.2) is 36.1 Å². The van der Waals surface area contributed by atoms with Crippen molar-refractivity contribution in [3.63, 3.8) is 0 Å². The predicted molar refractivity (Wildman–Crippen MR) is 121 cm³/mol. The maximum Gasteiger partial charge on any atom is 0.273 e. The maximum absolute atomic E-state index is 12.3. The van der Waals surface area contributed by atoms with Gasteiger partial charge in [0.2, 0.25) is 5.89 Å². The molecule has 1 saturated carbocycles. The number of amides is 1. The fourth-order valence-electron chi connectivity index (χ4n) is 3.72. The summed E-state index contributed by atoms with van der Waals surface area (Å²) in [7, 11) is 3.28. The van der Waals surface area contributed by atoms with Crippen molar-refractivity contribution in [3.8, 4) is 11.5 Å². The lowest BCUT2D eigenvalue weighted by Crippen LogP contribution is -2.27. The largest absolute Gasteiger partial charge is 0.493 e. The van der Waals surface area contributed by atoms with Gasteiger partial charge in [-0.25, -0.2) is 4.98 Å². The minimum Gasteiger partial charge on any atom is -0.493 e. The van der Waals surface area contributed by atoms with Gasteiger partial charge in [0.1, 0.15) is 6.26 Å². The Labute approximate surface area is 188 Å². The third-order valence-electron chi connectivity index (χ3n) is 5.72. The Morgan fingerprint density at radius 2 is 1.91 bits per heavy atom. The van der Waals surface area contributed by atoms with Crippen LogP contribution in [0.5, 0.6) is 11.5 Å². The van der Waals surface area contributed by atoms with Crippen LogP contribution >= 0.6 is 0 Å². The number of ether oxygens (including phenoxy) is 2. The number of oxazole rings is 1. The molecular formula is C25H29N3O4. The summed E-state index contributed by atoms with van der Waals surface area (Å²) in [5.74, 6) is 1.71. The topological polar surface area (TPSA) is 76.8 Å². The van der Waals surface area contributed by atoms with Crippen LogP contribution < -0.4 is 14.8 Å². The fraction of sp³-hybridized carbons (Fsp3) is 0.360. The number of hydrogen-bond donors (Lipinski definition) is 1. The van der Waals surface area contributed by atoms with Gasteiger partial charge in [-0.2, -0.15) is 0 Å². The molecule has 1 fully saturated rings. The second-order valence-corrected chi connectivity index (χ2v) is 8.02. The first kappa shape index (κ1) is 21.9. The van der Waals surface area contributed by atoms with Crippen molar-refractivity contribution in [1.82, 2.24) is 15.2 Å². The van der Waals surface area contributed by atoms with Crippen molar-refractivity contribution in [2.24, 2.45) is 0 Å². The zero-order valence-corrected chi connectivity index (χ0v) is 18.7. The average molecular weight is 436 g/mol. The summed E-state index contributed by atoms with van der Waals surface area (Å²) >= 11 is 0. The molecule has 1 unspecified atom stereocenters. The number of para-hydroxylation sites is 1. The van der Waals surface area contributed by atoms with Crippen LogP contribution in [0.15, 0.2) is 59.2 Å². The molecule has 3 aromatic rings. The molecule has 0 saturated heterocycles. The van der Waals surface area contributed by atoms with Gasteiger partial charge in [0.25, 0.3) is 5.91 Å². The molecule has 1 amide bonds. The van der Waals surface area contributed by atoms with Gasteiger partial charge < -0.3 is 19.2 Å². The van der Waals surface area contributed by atoms with Crippen LogP contribution in [0.2, 0.25) is 0 Å². The van der Waals surface area contributed by atoms with Crippen LogP contribution in [-0.2, 0) is 13.1 Å². The molecule has 7 nitrogen and oxygen atoms in total. The van der Waals surface area contributed by atoms with Gasteiger partial charge in [0, 0.05) is 24.2 Å². The van der Waals surface area contributed by atoms with E-state index < -0.39 is 0 Å². The quantitative estimate of drug-likeness (QED) is 0.510. The summed E-state index contributed by atoms with van der Waals surface area (Å²) in [6, 6.07) is 16.5. The zero-order chi connectivity index (χ0) is 22.5. The van der Waals surface area contributed by atoms with Gasteiger partial charge >= 0.3 is 0 Å². The number of methoxy groups -OCH3 is 2. The van der Waals surface area contributed by atoms with E-state index >= 15 is 0 Å². The Morgan fingerprint density at radius 3 is 2.59 bits per heavy atom. The highest BCUT2D eigenvalue weighted by Crippen LogP contribution is 2.34. The van der Waals surface area contributed by atoms with E-state index in [4.69, 9.17) is 13.9 Å². The van der Waals surface area contributed by atoms with Gasteiger partial charge in [0.05, 0.1) is 20.8 Å². The Bertz CT molecular complexity index is 1050. The van der Waals surface area contributed by atoms with E-state index in [1.165, 1.54) is 11.8 Å². The van der Waals surface area contributed by atoms with Gasteiger partial charge in [-0.3, -0.25) is 9.69 Å². The molecule has 1 N–H and O–H groups in total. The molecule has 1 atom stereocenters. The van der Waals surface area contributed by atoms with E-state index in [0.717, 1.165) is 18.4 Å². The fourth-order valence-corrected chi connectivity index (χ4v) is 3.72. The Hall–Kier alpha value is -3.32. The highest BCUT2D eigenvalue weighted by Gasteiger charge is 2.26. The van der Waals surface area contributed by atoms with Gasteiger partial charge in [-0.1, -0.05) is 42.5 Å². The second kappa shape index (κ2) is 9.87. The average Bonchev–Trinajstić information content (AvgIpc) is 3.52. The highest BCUT2D eigenvalue weighted by atomic mass is 16.5. The number of rotatable bonds is 10. The Balaban J connectivity index is 1.58. The maximum atomic E-state index is 12.3. The molecule has 32 heavy (non-hydrogen) atoms. The van der Waals surface area contributed by atoms with Crippen LogP contribution in [0, 0.1) is 0 Å². The van der Waals surface area contributed by atoms with Gasteiger partial charge in [-0.15, -0.1) is 0 Å². The number of carbonyl (C=O) groups excluding carboxylic acids is 1. The lowest BCUT2D eigenvalue weighted by atomic mass is 10.1. The zero-order valence-electron chi connectivity index (χ0n) is 18.7. The first-order chi connectivity index (χ1) is 15.6. The SMILES string of the molecule is COc1cccc(CN(Cc2nc(C(=O)NC3CC3)co2)C(C)c2ccccc2)c1OC. The highest BCUT2D eigenvalue weighted by molar-refractivity contribution is 5.92. The molecule has 168 valence electrons. The number of aromatic nitrogens is 1. The number of hydrogen-bond acceptors (Lipinski definition) is 6. The molecule has 2 aromatic carbocycles. The molecule has 1 aliphatic carbocycles. The molecule has 0 bridgehead atoms. The standard InChI is InChI=1S/C25H29N3O4/c1-17(18-8-5-4-6-9-18)28(14-19-10-7-11-22(30-2)24(19)31-3)15-23-27-21(16-32-23)25(29)26-20-12-13-20/h4-11,16-17,20H,12-15H2,1-3H3,(H,26,29). The Kier molecular flexibility index (Phi) is 6.75. The molecular weight excluding hydrogens is 406 g/mol. The predicted octanol–water partition coefficient (Wildman–Crippen LogP) is 4.35. The van der Waals surface area contributed by atoms with E-state index in [-0.39, 0.29) is 18.0 Å². The van der Waals surface area contributed by atoms with Crippen molar-refractivity contribution < 1.29 is 18.7 Å². The summed E-state index contributed by atoms with van der Waals surface area (Å²) in [6.07, 6.45) is 3.49. The number of nitrogens with zero attached hydrogens (tertiary/aromatic N) is 2. The third kappa shape index (κ3) is 5.11. The van der Waals surface area contributed by atoms with E-state index in [2.05, 4.69) is 34.3 Å². The summed E-state index contributed by atoms with van der Waals surface area (Å²) in [6.45, 7) is 3.17. The smallest absolute Gasteiger partial charge is 0.273 e. The van der Waals surface area contributed by atoms with Crippen molar-refractivity contribution in [2.45, 2.75) is 44.9 Å². The van der Waals surface area contributed by atoms with Crippen LogP contribution in [0.4, 0.5) is 0 Å². The summed E-state index contributed by atoms with van der Waals surface area (Å²) in [5.41, 5.74) is 2.48. The molecule has 4 rings (SSSR count). The number of nitrogens with one attached hydrogen (secondary N) is 1. The summed E-state index contributed by atoms with van der Waals surface area (Å²) < 4.78 is 16.8. The van der Waals surface area contributed by atoms with Crippen molar-refractivity contribution in [2.75, 3.05) is 14.2 Å². The van der Waals surface area contributed by atoms with Crippen LogP contribution in [0.1, 0.15) is 53.3 Å². The number of carbonyl (C=O) groups is 1. The molecule has 1 aliphatic rings. The van der Waals surface area contributed by atoms with Gasteiger partial charge in [-0.05, 0) is 31.4 Å². The lowest BCUT2D eigenvalue weighted by Gasteiger charge is -2.29. The first-order valence-corrected chi connectivity index (χ1v) is 10.8. The van der Waals surface area contributed by atoms with Crippen LogP contribution in [0.3, 0.4) is 0 Å². The lowest BCUT2D eigenvalue weighted by molar-refractivity contribution is 0.0946. The molecule has 0 spiro atoms. The van der Waals surface area contributed by atoms with E-state index in [1.807, 2.05) is 36.4 Å². The van der Waals surface area contributed by atoms with E-state index in [1.54, 1.807) is 14.2 Å². The first-order valence-electron chi connectivity index (χ1n) is 10.8. The van der Waals surface area contributed by atoms with Crippen molar-refractivity contribution in [3.05, 3.63) is 77.5 Å². The summed E-state index contributed by atoms with van der Waals surface area (Å²) in [4.78, 5) is 19.0. The molecule has 1 aromatic heterocycles. The van der Waals surface area contributed by atoms with E-state index in [9.17, 15) is 4.79 Å². The van der Waals surface area contributed by atoms with E-state index in [0.29, 0.717) is 36.2 Å². The monoisotopic (exact) mass is 435 g/mol. The molecule has 0 aliphatic heterocycles. The second-order valence-electron chi connectivity index (χ2n) is 8.02. The minimum absolute atomic E-state index is 0.0720. The minimum atomic E-state index is -0.181. The molecule has 1 heterocycles. The van der Waals surface area contributed by atoms with Gasteiger partial charge in [0.15, 0.2) is 17.2 Å². The number of benzene rings is 2. The summed E-state index contributed by atoms with van der Waals surface area (Å²) in [5, 5.41) is 2.95. The van der Waals surface area contributed by atoms with Crippen molar-refractivity contribution in [1.29, 1.82) is 0 Å². The normalized spacial score (nSPS) is 14.2. The Morgan fingerprint density at radius 1 is 1.12 bits per heavy atom. The van der Waals surface area contributed by atoms with Crippen molar-refractivity contribution >= 4 is 5.91 Å². The molecule has 0 radical (unpaired) electrons. The molecule has 7 heteroatoms. The third-order valence-corrected chi connectivity index (χ3v) is 5.72.